The Kier molecular flexibility index (Phi) is 9.23. The van der Waals surface area contributed by atoms with Crippen LogP contribution in [0.3, 0.4) is 0 Å². The Labute approximate surface area is 119 Å². The Morgan fingerprint density at radius 3 is 2.72 bits per heavy atom. The molecule has 0 bridgehead atoms. The molecular weight excluding hydrogens is 274 g/mol. The number of thioether (sulfide) groups is 1. The molecule has 1 fully saturated rings. The van der Waals surface area contributed by atoms with Crippen molar-refractivity contribution in [3.8, 4) is 0 Å². The normalized spacial score (nSPS) is 18.3. The zero-order valence-corrected chi connectivity index (χ0v) is 12.5. The molecular formula is C11H22ClN3O2S. The number of carbonyl (C=O) groups excluding carboxylic acids is 2. The Balaban J connectivity index is 0.00000289. The van der Waals surface area contributed by atoms with Crippen LogP contribution in [0, 0.1) is 0 Å². The van der Waals surface area contributed by atoms with Crippen molar-refractivity contribution in [2.75, 3.05) is 31.8 Å². The molecule has 0 aliphatic carbocycles. The van der Waals surface area contributed by atoms with E-state index in [1.807, 2.05) is 14.0 Å². The van der Waals surface area contributed by atoms with Gasteiger partial charge in [-0.25, -0.2) is 0 Å². The second kappa shape index (κ2) is 9.47. The summed E-state index contributed by atoms with van der Waals surface area (Å²) in [5, 5.41) is 5.91. The quantitative estimate of drug-likeness (QED) is 0.698. The van der Waals surface area contributed by atoms with E-state index >= 15 is 0 Å². The van der Waals surface area contributed by atoms with Gasteiger partial charge < -0.3 is 15.5 Å². The van der Waals surface area contributed by atoms with Crippen molar-refractivity contribution in [1.29, 1.82) is 0 Å². The van der Waals surface area contributed by atoms with Gasteiger partial charge in [-0.2, -0.15) is 0 Å². The topological polar surface area (TPSA) is 61.4 Å². The first-order valence-electron chi connectivity index (χ1n) is 6.00. The molecule has 0 spiro atoms. The van der Waals surface area contributed by atoms with E-state index in [0.29, 0.717) is 24.6 Å². The highest BCUT2D eigenvalue weighted by Crippen LogP contribution is 2.21. The predicted octanol–water partition coefficient (Wildman–Crippen LogP) is 0.445. The van der Waals surface area contributed by atoms with E-state index in [0.717, 1.165) is 13.0 Å². The zero-order valence-electron chi connectivity index (χ0n) is 10.9. The van der Waals surface area contributed by atoms with Gasteiger partial charge in [-0.1, -0.05) is 6.92 Å². The standard InChI is InChI=1S/C11H21N3O2S.ClH/c1-3-10(15)14-8-17-7-9(14)11(16)13-6-4-5-12-2;/h9,12H,3-8H2,1-2H3,(H,13,16);1H. The second-order valence-corrected chi connectivity index (χ2v) is 4.98. The smallest absolute Gasteiger partial charge is 0.243 e. The molecule has 7 heteroatoms. The van der Waals surface area contributed by atoms with Gasteiger partial charge in [0.2, 0.25) is 11.8 Å². The lowest BCUT2D eigenvalue weighted by Crippen LogP contribution is -2.47. The molecule has 1 unspecified atom stereocenters. The summed E-state index contributed by atoms with van der Waals surface area (Å²) in [6, 6.07) is -0.276. The van der Waals surface area contributed by atoms with Crippen molar-refractivity contribution in [3.05, 3.63) is 0 Å². The Morgan fingerprint density at radius 2 is 2.11 bits per heavy atom. The van der Waals surface area contributed by atoms with Crippen molar-refractivity contribution in [1.82, 2.24) is 15.5 Å². The number of hydrogen-bond donors (Lipinski definition) is 2. The van der Waals surface area contributed by atoms with Crippen LogP contribution in [0.1, 0.15) is 19.8 Å². The minimum absolute atomic E-state index is 0. The summed E-state index contributed by atoms with van der Waals surface area (Å²) in [5.41, 5.74) is 0. The molecule has 1 aliphatic heterocycles. The van der Waals surface area contributed by atoms with E-state index in [2.05, 4.69) is 10.6 Å². The highest BCUT2D eigenvalue weighted by molar-refractivity contribution is 7.99. The molecule has 1 heterocycles. The van der Waals surface area contributed by atoms with Gasteiger partial charge in [-0.15, -0.1) is 24.2 Å². The lowest BCUT2D eigenvalue weighted by atomic mass is 10.2. The maximum Gasteiger partial charge on any atom is 0.243 e. The van der Waals surface area contributed by atoms with E-state index in [4.69, 9.17) is 0 Å². The van der Waals surface area contributed by atoms with E-state index in [9.17, 15) is 9.59 Å². The van der Waals surface area contributed by atoms with Gasteiger partial charge in [-0.05, 0) is 20.0 Å². The van der Waals surface area contributed by atoms with Gasteiger partial charge in [0.25, 0.3) is 0 Å². The van der Waals surface area contributed by atoms with E-state index in [1.54, 1.807) is 16.7 Å². The van der Waals surface area contributed by atoms with Crippen LogP contribution in [0.15, 0.2) is 0 Å². The van der Waals surface area contributed by atoms with Crippen LogP contribution in [0.2, 0.25) is 0 Å². The van der Waals surface area contributed by atoms with E-state index in [-0.39, 0.29) is 30.3 Å². The predicted molar refractivity (Wildman–Crippen MR) is 77.1 cm³/mol. The Hall–Kier alpha value is -0.460. The summed E-state index contributed by atoms with van der Waals surface area (Å²) in [5.74, 6) is 1.39. The molecule has 2 amide bonds. The van der Waals surface area contributed by atoms with Crippen molar-refractivity contribution in [2.45, 2.75) is 25.8 Å². The van der Waals surface area contributed by atoms with Crippen LogP contribution in [0.4, 0.5) is 0 Å². The lowest BCUT2D eigenvalue weighted by molar-refractivity contribution is -0.137. The molecule has 0 aromatic rings. The largest absolute Gasteiger partial charge is 0.354 e. The first-order valence-corrected chi connectivity index (χ1v) is 7.15. The summed E-state index contributed by atoms with van der Waals surface area (Å²) in [6.07, 6.45) is 1.37. The number of halogens is 1. The summed E-state index contributed by atoms with van der Waals surface area (Å²) < 4.78 is 0. The van der Waals surface area contributed by atoms with Crippen molar-refractivity contribution >= 4 is 36.0 Å². The molecule has 0 radical (unpaired) electrons. The number of amides is 2. The van der Waals surface area contributed by atoms with Crippen LogP contribution in [-0.2, 0) is 9.59 Å². The monoisotopic (exact) mass is 295 g/mol. The van der Waals surface area contributed by atoms with Crippen LogP contribution < -0.4 is 10.6 Å². The van der Waals surface area contributed by atoms with Crippen LogP contribution in [0.5, 0.6) is 0 Å². The summed E-state index contributed by atoms with van der Waals surface area (Å²) in [6.45, 7) is 3.37. The van der Waals surface area contributed by atoms with Crippen molar-refractivity contribution in [2.24, 2.45) is 0 Å². The van der Waals surface area contributed by atoms with Crippen molar-refractivity contribution in [3.63, 3.8) is 0 Å². The van der Waals surface area contributed by atoms with Crippen LogP contribution in [-0.4, -0.2) is 54.5 Å². The third-order valence-corrected chi connectivity index (χ3v) is 3.72. The first-order chi connectivity index (χ1) is 8.20. The minimum atomic E-state index is -0.276. The maximum absolute atomic E-state index is 11.9. The number of nitrogens with one attached hydrogen (secondary N) is 2. The fourth-order valence-corrected chi connectivity index (χ4v) is 2.88. The number of carbonyl (C=O) groups is 2. The van der Waals surface area contributed by atoms with E-state index < -0.39 is 0 Å². The summed E-state index contributed by atoms with van der Waals surface area (Å²) >= 11 is 1.64. The number of hydrogen-bond acceptors (Lipinski definition) is 4. The van der Waals surface area contributed by atoms with Gasteiger partial charge >= 0.3 is 0 Å². The maximum atomic E-state index is 11.9. The number of nitrogens with zero attached hydrogens (tertiary/aromatic N) is 1. The van der Waals surface area contributed by atoms with Crippen LogP contribution >= 0.6 is 24.2 Å². The molecule has 1 rings (SSSR count). The third-order valence-electron chi connectivity index (χ3n) is 2.71. The minimum Gasteiger partial charge on any atom is -0.354 e. The number of rotatable bonds is 6. The zero-order chi connectivity index (χ0) is 12.7. The van der Waals surface area contributed by atoms with Gasteiger partial charge in [0.15, 0.2) is 0 Å². The molecule has 1 atom stereocenters. The average molecular weight is 296 g/mol. The van der Waals surface area contributed by atoms with E-state index in [1.165, 1.54) is 0 Å². The Bertz CT molecular complexity index is 279. The molecule has 1 saturated heterocycles. The third kappa shape index (κ3) is 5.04. The molecule has 0 aromatic heterocycles. The fourth-order valence-electron chi connectivity index (χ4n) is 1.70. The summed E-state index contributed by atoms with van der Waals surface area (Å²) in [7, 11) is 1.89. The lowest BCUT2D eigenvalue weighted by Gasteiger charge is -2.22. The highest BCUT2D eigenvalue weighted by Gasteiger charge is 2.33. The van der Waals surface area contributed by atoms with Crippen LogP contribution in [0.25, 0.3) is 0 Å². The SMILES string of the molecule is CCC(=O)N1CSCC1C(=O)NCCCNC.Cl. The average Bonchev–Trinajstić information content (AvgIpc) is 2.82. The molecule has 0 saturated carbocycles. The van der Waals surface area contributed by atoms with Gasteiger partial charge in [0.1, 0.15) is 6.04 Å². The fraction of sp³-hybridized carbons (Fsp3) is 0.818. The molecule has 0 aromatic carbocycles. The Morgan fingerprint density at radius 1 is 1.39 bits per heavy atom. The molecule has 18 heavy (non-hydrogen) atoms. The van der Waals surface area contributed by atoms with Crippen molar-refractivity contribution < 1.29 is 9.59 Å². The molecule has 1 aliphatic rings. The highest BCUT2D eigenvalue weighted by atomic mass is 35.5. The molecule has 106 valence electrons. The second-order valence-electron chi connectivity index (χ2n) is 3.98. The molecule has 5 nitrogen and oxygen atoms in total. The van der Waals surface area contributed by atoms with Gasteiger partial charge in [0.05, 0.1) is 5.88 Å². The summed E-state index contributed by atoms with van der Waals surface area (Å²) in [4.78, 5) is 25.2. The van der Waals surface area contributed by atoms with Gasteiger partial charge in [0, 0.05) is 18.7 Å². The first kappa shape index (κ1) is 17.5. The van der Waals surface area contributed by atoms with Gasteiger partial charge in [-0.3, -0.25) is 9.59 Å². The molecule has 2 N–H and O–H groups in total.